The third-order valence-electron chi connectivity index (χ3n) is 3.74. The van der Waals surface area contributed by atoms with Crippen LogP contribution in [0.25, 0.3) is 6.08 Å². The second-order valence-electron chi connectivity index (χ2n) is 6.06. The molecule has 25 heavy (non-hydrogen) atoms. The molecule has 0 aliphatic rings. The Balaban J connectivity index is 2.18. The van der Waals surface area contributed by atoms with E-state index in [0.29, 0.717) is 11.3 Å². The zero-order chi connectivity index (χ0) is 18.2. The first-order valence-corrected chi connectivity index (χ1v) is 8.43. The monoisotopic (exact) mass is 340 g/mol. The van der Waals surface area contributed by atoms with E-state index in [9.17, 15) is 9.59 Å². The quantitative estimate of drug-likeness (QED) is 0.756. The lowest BCUT2D eigenvalue weighted by Crippen LogP contribution is -2.39. The smallest absolute Gasteiger partial charge is 0.268 e. The van der Waals surface area contributed by atoms with E-state index in [1.165, 1.54) is 12.3 Å². The van der Waals surface area contributed by atoms with Gasteiger partial charge in [-0.25, -0.2) is 0 Å². The largest absolute Gasteiger partial charge is 0.465 e. The fourth-order valence-corrected chi connectivity index (χ4v) is 2.38. The van der Waals surface area contributed by atoms with Gasteiger partial charge in [-0.1, -0.05) is 31.0 Å². The molecular formula is C20H24N2O3. The van der Waals surface area contributed by atoms with Crippen LogP contribution in [0.4, 0.5) is 0 Å². The lowest BCUT2D eigenvalue weighted by Gasteiger charge is -2.15. The summed E-state index contributed by atoms with van der Waals surface area (Å²) in [7, 11) is 0. The van der Waals surface area contributed by atoms with Gasteiger partial charge in [-0.05, 0) is 44.5 Å². The first-order chi connectivity index (χ1) is 12.0. The highest BCUT2D eigenvalue weighted by molar-refractivity contribution is 6.05. The van der Waals surface area contributed by atoms with Gasteiger partial charge >= 0.3 is 0 Å². The number of hydrogen-bond donors (Lipinski definition) is 2. The Morgan fingerprint density at radius 3 is 2.52 bits per heavy atom. The summed E-state index contributed by atoms with van der Waals surface area (Å²) >= 11 is 0. The van der Waals surface area contributed by atoms with E-state index < -0.39 is 0 Å². The highest BCUT2D eigenvalue weighted by atomic mass is 16.3. The minimum Gasteiger partial charge on any atom is -0.465 e. The number of benzene rings is 1. The number of amides is 2. The molecule has 2 aromatic rings. The number of rotatable bonds is 7. The summed E-state index contributed by atoms with van der Waals surface area (Å²) in [6.07, 6.45) is 4.88. The zero-order valence-electron chi connectivity index (χ0n) is 14.8. The highest BCUT2D eigenvalue weighted by Crippen LogP contribution is 2.09. The van der Waals surface area contributed by atoms with Crippen LogP contribution in [0.5, 0.6) is 0 Å². The summed E-state index contributed by atoms with van der Waals surface area (Å²) in [4.78, 5) is 25.0. The van der Waals surface area contributed by atoms with Crippen molar-refractivity contribution < 1.29 is 14.0 Å². The molecular weight excluding hydrogens is 316 g/mol. The summed E-state index contributed by atoms with van der Waals surface area (Å²) in [5.41, 5.74) is 1.71. The molecule has 5 heteroatoms. The fraction of sp³-hybridized carbons (Fsp3) is 0.300. The summed E-state index contributed by atoms with van der Waals surface area (Å²) in [5, 5.41) is 5.58. The molecule has 0 bridgehead atoms. The molecule has 2 amide bonds. The van der Waals surface area contributed by atoms with Crippen molar-refractivity contribution in [2.75, 3.05) is 0 Å². The minimum atomic E-state index is -0.337. The molecule has 0 aliphatic heterocycles. The van der Waals surface area contributed by atoms with Crippen molar-refractivity contribution in [3.05, 3.63) is 65.2 Å². The topological polar surface area (TPSA) is 71.3 Å². The molecule has 0 unspecified atom stereocenters. The SMILES string of the molecule is CCC[C@@H](C)NC(=O)/C(=C/c1ccco1)NC(=O)c1ccc(C)cc1. The number of furan rings is 1. The number of carbonyl (C=O) groups excluding carboxylic acids is 2. The van der Waals surface area contributed by atoms with Crippen molar-refractivity contribution in [2.45, 2.75) is 39.7 Å². The van der Waals surface area contributed by atoms with Crippen molar-refractivity contribution in [1.82, 2.24) is 10.6 Å². The first-order valence-electron chi connectivity index (χ1n) is 8.43. The Hall–Kier alpha value is -2.82. The van der Waals surface area contributed by atoms with E-state index in [1.54, 1.807) is 24.3 Å². The molecule has 0 aliphatic carbocycles. The van der Waals surface area contributed by atoms with E-state index in [2.05, 4.69) is 17.6 Å². The fourth-order valence-electron chi connectivity index (χ4n) is 2.38. The standard InChI is InChI=1S/C20H24N2O3/c1-4-6-15(3)21-20(24)18(13-17-7-5-12-25-17)22-19(23)16-10-8-14(2)9-11-16/h5,7-13,15H,4,6H2,1-3H3,(H,21,24)(H,22,23)/b18-13-/t15-/m1/s1. The molecule has 1 aromatic heterocycles. The molecule has 1 heterocycles. The van der Waals surface area contributed by atoms with Crippen LogP contribution >= 0.6 is 0 Å². The molecule has 0 spiro atoms. The van der Waals surface area contributed by atoms with Gasteiger partial charge in [0.2, 0.25) is 0 Å². The van der Waals surface area contributed by atoms with Crippen LogP contribution in [0.1, 0.15) is 48.4 Å². The number of carbonyl (C=O) groups is 2. The van der Waals surface area contributed by atoms with Crippen molar-refractivity contribution in [3.8, 4) is 0 Å². The average Bonchev–Trinajstić information content (AvgIpc) is 3.08. The van der Waals surface area contributed by atoms with Crippen LogP contribution in [0.15, 0.2) is 52.8 Å². The third kappa shape index (κ3) is 5.64. The van der Waals surface area contributed by atoms with Gasteiger partial charge in [-0.2, -0.15) is 0 Å². The van der Waals surface area contributed by atoms with Crippen molar-refractivity contribution in [3.63, 3.8) is 0 Å². The molecule has 0 radical (unpaired) electrons. The molecule has 0 saturated heterocycles. The van der Waals surface area contributed by atoms with Crippen LogP contribution in [0.2, 0.25) is 0 Å². The van der Waals surface area contributed by atoms with E-state index >= 15 is 0 Å². The molecule has 2 N–H and O–H groups in total. The van der Waals surface area contributed by atoms with Gasteiger partial charge < -0.3 is 15.1 Å². The maximum atomic E-state index is 12.5. The van der Waals surface area contributed by atoms with E-state index in [-0.39, 0.29) is 23.6 Å². The van der Waals surface area contributed by atoms with E-state index in [0.717, 1.165) is 18.4 Å². The Labute approximate surface area is 148 Å². The van der Waals surface area contributed by atoms with Gasteiger partial charge in [0, 0.05) is 17.7 Å². The third-order valence-corrected chi connectivity index (χ3v) is 3.74. The van der Waals surface area contributed by atoms with Gasteiger partial charge in [0.25, 0.3) is 11.8 Å². The predicted octanol–water partition coefficient (Wildman–Crippen LogP) is 3.66. The molecule has 5 nitrogen and oxygen atoms in total. The number of hydrogen-bond acceptors (Lipinski definition) is 3. The van der Waals surface area contributed by atoms with Crippen LogP contribution in [0.3, 0.4) is 0 Å². The summed E-state index contributed by atoms with van der Waals surface area (Å²) in [6.45, 7) is 5.95. The van der Waals surface area contributed by atoms with Gasteiger partial charge in [0.15, 0.2) is 0 Å². The lowest BCUT2D eigenvalue weighted by atomic mass is 10.1. The molecule has 2 rings (SSSR count). The van der Waals surface area contributed by atoms with Gasteiger partial charge in [-0.15, -0.1) is 0 Å². The van der Waals surface area contributed by atoms with Crippen LogP contribution in [0, 0.1) is 6.92 Å². The molecule has 1 aromatic carbocycles. The van der Waals surface area contributed by atoms with Crippen LogP contribution in [-0.4, -0.2) is 17.9 Å². The zero-order valence-corrected chi connectivity index (χ0v) is 14.8. The van der Waals surface area contributed by atoms with Crippen molar-refractivity contribution >= 4 is 17.9 Å². The Morgan fingerprint density at radius 2 is 1.92 bits per heavy atom. The normalized spacial score (nSPS) is 12.5. The van der Waals surface area contributed by atoms with Crippen molar-refractivity contribution in [1.29, 1.82) is 0 Å². The van der Waals surface area contributed by atoms with Gasteiger partial charge in [0.05, 0.1) is 6.26 Å². The summed E-state index contributed by atoms with van der Waals surface area (Å²) in [5.74, 6) is -0.175. The van der Waals surface area contributed by atoms with Gasteiger partial charge in [0.1, 0.15) is 11.5 Å². The maximum absolute atomic E-state index is 12.5. The summed E-state index contributed by atoms with van der Waals surface area (Å²) in [6, 6.07) is 10.6. The lowest BCUT2D eigenvalue weighted by molar-refractivity contribution is -0.118. The second kappa shape index (κ2) is 8.87. The predicted molar refractivity (Wildman–Crippen MR) is 97.8 cm³/mol. The maximum Gasteiger partial charge on any atom is 0.268 e. The molecule has 1 atom stereocenters. The Morgan fingerprint density at radius 1 is 1.20 bits per heavy atom. The minimum absolute atomic E-state index is 0.0220. The molecule has 0 fully saturated rings. The van der Waals surface area contributed by atoms with Crippen LogP contribution < -0.4 is 10.6 Å². The average molecular weight is 340 g/mol. The molecule has 132 valence electrons. The van der Waals surface area contributed by atoms with E-state index in [4.69, 9.17) is 4.42 Å². The number of aryl methyl sites for hydroxylation is 1. The number of nitrogens with one attached hydrogen (secondary N) is 2. The van der Waals surface area contributed by atoms with Crippen LogP contribution in [-0.2, 0) is 4.79 Å². The Bertz CT molecular complexity index is 731. The Kier molecular flexibility index (Phi) is 6.57. The highest BCUT2D eigenvalue weighted by Gasteiger charge is 2.16. The van der Waals surface area contributed by atoms with Crippen molar-refractivity contribution in [2.24, 2.45) is 0 Å². The first kappa shape index (κ1) is 18.5. The summed E-state index contributed by atoms with van der Waals surface area (Å²) < 4.78 is 5.26. The van der Waals surface area contributed by atoms with Gasteiger partial charge in [-0.3, -0.25) is 9.59 Å². The van der Waals surface area contributed by atoms with E-state index in [1.807, 2.05) is 26.0 Å². The molecule has 0 saturated carbocycles. The second-order valence-corrected chi connectivity index (χ2v) is 6.06.